The third-order valence-electron chi connectivity index (χ3n) is 3.41. The molecule has 0 aromatic heterocycles. The second kappa shape index (κ2) is 7.56. The van der Waals surface area contributed by atoms with E-state index in [-0.39, 0.29) is 17.8 Å². The molecule has 1 heterocycles. The predicted octanol–water partition coefficient (Wildman–Crippen LogP) is 2.56. The number of hydrogen-bond acceptors (Lipinski definition) is 4. The van der Waals surface area contributed by atoms with Gasteiger partial charge in [-0.1, -0.05) is 0 Å². The summed E-state index contributed by atoms with van der Waals surface area (Å²) in [6.45, 7) is 3.79. The van der Waals surface area contributed by atoms with E-state index in [9.17, 15) is 9.59 Å². The van der Waals surface area contributed by atoms with E-state index in [0.717, 1.165) is 19.4 Å². The molecule has 1 aromatic carbocycles. The van der Waals surface area contributed by atoms with Crippen molar-refractivity contribution in [1.29, 1.82) is 0 Å². The van der Waals surface area contributed by atoms with Crippen LogP contribution in [-0.4, -0.2) is 31.6 Å². The first-order valence-electron chi connectivity index (χ1n) is 7.10. The SMILES string of the molecule is CCOC(=O)c1ccc(NC(=O)[C@@H]2CCCNC2)c(Br)c1. The molecule has 1 saturated heterocycles. The molecule has 6 heteroatoms. The lowest BCUT2D eigenvalue weighted by atomic mass is 9.99. The summed E-state index contributed by atoms with van der Waals surface area (Å²) in [6.07, 6.45) is 1.92. The highest BCUT2D eigenvalue weighted by molar-refractivity contribution is 9.10. The largest absolute Gasteiger partial charge is 0.462 e. The van der Waals surface area contributed by atoms with Crippen LogP contribution in [0.15, 0.2) is 22.7 Å². The van der Waals surface area contributed by atoms with Crippen molar-refractivity contribution in [3.8, 4) is 0 Å². The van der Waals surface area contributed by atoms with E-state index in [1.165, 1.54) is 0 Å². The molecular weight excluding hydrogens is 336 g/mol. The van der Waals surface area contributed by atoms with Gasteiger partial charge in [0.15, 0.2) is 0 Å². The lowest BCUT2D eigenvalue weighted by Crippen LogP contribution is -2.37. The molecule has 0 saturated carbocycles. The fraction of sp³-hybridized carbons (Fsp3) is 0.467. The van der Waals surface area contributed by atoms with Gasteiger partial charge in [-0.3, -0.25) is 4.79 Å². The number of nitrogens with one attached hydrogen (secondary N) is 2. The second-order valence-electron chi connectivity index (χ2n) is 4.95. The minimum atomic E-state index is -0.368. The number of carbonyl (C=O) groups excluding carboxylic acids is 2. The van der Waals surface area contributed by atoms with Gasteiger partial charge in [0.1, 0.15) is 0 Å². The van der Waals surface area contributed by atoms with E-state index in [2.05, 4.69) is 26.6 Å². The number of rotatable bonds is 4. The number of piperidine rings is 1. The van der Waals surface area contributed by atoms with Crippen molar-refractivity contribution in [2.24, 2.45) is 5.92 Å². The van der Waals surface area contributed by atoms with Gasteiger partial charge in [0.2, 0.25) is 5.91 Å². The van der Waals surface area contributed by atoms with Gasteiger partial charge >= 0.3 is 5.97 Å². The number of esters is 1. The van der Waals surface area contributed by atoms with E-state index in [4.69, 9.17) is 4.74 Å². The molecule has 2 N–H and O–H groups in total. The van der Waals surface area contributed by atoms with E-state index in [1.54, 1.807) is 25.1 Å². The first kappa shape index (κ1) is 16.0. The highest BCUT2D eigenvalue weighted by Crippen LogP contribution is 2.25. The Kier molecular flexibility index (Phi) is 5.76. The van der Waals surface area contributed by atoms with E-state index < -0.39 is 0 Å². The van der Waals surface area contributed by atoms with Gasteiger partial charge in [0.25, 0.3) is 0 Å². The fourth-order valence-electron chi connectivity index (χ4n) is 2.27. The molecule has 2 rings (SSSR count). The van der Waals surface area contributed by atoms with Gasteiger partial charge in [-0.15, -0.1) is 0 Å². The van der Waals surface area contributed by atoms with Crippen molar-refractivity contribution in [3.05, 3.63) is 28.2 Å². The molecule has 0 radical (unpaired) electrons. The van der Waals surface area contributed by atoms with Gasteiger partial charge in [-0.05, 0) is 60.4 Å². The third kappa shape index (κ3) is 4.28. The predicted molar refractivity (Wildman–Crippen MR) is 84.3 cm³/mol. The minimum absolute atomic E-state index is 0.00427. The van der Waals surface area contributed by atoms with Crippen molar-refractivity contribution in [2.45, 2.75) is 19.8 Å². The quantitative estimate of drug-likeness (QED) is 0.815. The Morgan fingerprint density at radius 1 is 1.48 bits per heavy atom. The van der Waals surface area contributed by atoms with Gasteiger partial charge in [-0.25, -0.2) is 4.79 Å². The summed E-state index contributed by atoms with van der Waals surface area (Å²) in [5.74, 6) is -0.366. The van der Waals surface area contributed by atoms with E-state index in [1.807, 2.05) is 0 Å². The molecule has 0 bridgehead atoms. The summed E-state index contributed by atoms with van der Waals surface area (Å²) in [5.41, 5.74) is 1.12. The van der Waals surface area contributed by atoms with Crippen LogP contribution in [0, 0.1) is 5.92 Å². The first-order chi connectivity index (χ1) is 10.1. The number of amides is 1. The average molecular weight is 355 g/mol. The fourth-order valence-corrected chi connectivity index (χ4v) is 2.75. The van der Waals surface area contributed by atoms with Crippen LogP contribution in [0.3, 0.4) is 0 Å². The Bertz CT molecular complexity index is 528. The highest BCUT2D eigenvalue weighted by Gasteiger charge is 2.21. The summed E-state index contributed by atoms with van der Waals surface area (Å²) in [6, 6.07) is 5.02. The summed E-state index contributed by atoms with van der Waals surface area (Å²) in [4.78, 5) is 23.8. The summed E-state index contributed by atoms with van der Waals surface area (Å²) in [5, 5.41) is 6.12. The zero-order chi connectivity index (χ0) is 15.2. The summed E-state index contributed by atoms with van der Waals surface area (Å²) >= 11 is 3.38. The standard InChI is InChI=1S/C15H19BrN2O3/c1-2-21-15(20)10-5-6-13(12(16)8-10)18-14(19)11-4-3-7-17-9-11/h5-6,8,11,17H,2-4,7,9H2,1H3,(H,18,19)/t11-/m1/s1. The normalized spacial score (nSPS) is 18.1. The maximum atomic E-state index is 12.2. The van der Waals surface area contributed by atoms with Crippen LogP contribution in [-0.2, 0) is 9.53 Å². The molecule has 1 amide bonds. The monoisotopic (exact) mass is 354 g/mol. The Balaban J connectivity index is 2.03. The van der Waals surface area contributed by atoms with Crippen LogP contribution in [0.2, 0.25) is 0 Å². The number of ether oxygens (including phenoxy) is 1. The zero-order valence-electron chi connectivity index (χ0n) is 11.9. The highest BCUT2D eigenvalue weighted by atomic mass is 79.9. The van der Waals surface area contributed by atoms with Crippen molar-refractivity contribution >= 4 is 33.5 Å². The number of benzene rings is 1. The Morgan fingerprint density at radius 2 is 2.29 bits per heavy atom. The minimum Gasteiger partial charge on any atom is -0.462 e. The molecule has 0 aliphatic carbocycles. The van der Waals surface area contributed by atoms with Crippen LogP contribution in [0.5, 0.6) is 0 Å². The third-order valence-corrected chi connectivity index (χ3v) is 4.06. The van der Waals surface area contributed by atoms with Crippen molar-refractivity contribution in [2.75, 3.05) is 25.0 Å². The van der Waals surface area contributed by atoms with Crippen molar-refractivity contribution in [3.63, 3.8) is 0 Å². The van der Waals surface area contributed by atoms with Crippen LogP contribution in [0.1, 0.15) is 30.1 Å². The first-order valence-corrected chi connectivity index (χ1v) is 7.89. The van der Waals surface area contributed by atoms with E-state index in [0.29, 0.717) is 28.9 Å². The number of halogens is 1. The molecular formula is C15H19BrN2O3. The second-order valence-corrected chi connectivity index (χ2v) is 5.80. The topological polar surface area (TPSA) is 67.4 Å². The van der Waals surface area contributed by atoms with Crippen LogP contribution in [0.4, 0.5) is 5.69 Å². The maximum absolute atomic E-state index is 12.2. The molecule has 1 aliphatic heterocycles. The lowest BCUT2D eigenvalue weighted by molar-refractivity contribution is -0.120. The van der Waals surface area contributed by atoms with Gasteiger partial charge in [0, 0.05) is 11.0 Å². The molecule has 114 valence electrons. The molecule has 1 aromatic rings. The average Bonchev–Trinajstić information content (AvgIpc) is 2.50. The Labute approximate surface area is 132 Å². The molecule has 0 spiro atoms. The Hall–Kier alpha value is -1.40. The number of carbonyl (C=O) groups is 2. The van der Waals surface area contributed by atoms with Gasteiger partial charge in [-0.2, -0.15) is 0 Å². The van der Waals surface area contributed by atoms with Crippen molar-refractivity contribution < 1.29 is 14.3 Å². The summed E-state index contributed by atoms with van der Waals surface area (Å²) in [7, 11) is 0. The van der Waals surface area contributed by atoms with Crippen LogP contribution < -0.4 is 10.6 Å². The Morgan fingerprint density at radius 3 is 2.90 bits per heavy atom. The molecule has 1 aliphatic rings. The molecule has 1 fully saturated rings. The van der Waals surface area contributed by atoms with Gasteiger partial charge in [0.05, 0.1) is 23.8 Å². The molecule has 0 unspecified atom stereocenters. The smallest absolute Gasteiger partial charge is 0.338 e. The van der Waals surface area contributed by atoms with Crippen molar-refractivity contribution in [1.82, 2.24) is 5.32 Å². The number of anilines is 1. The zero-order valence-corrected chi connectivity index (χ0v) is 13.5. The molecule has 21 heavy (non-hydrogen) atoms. The maximum Gasteiger partial charge on any atom is 0.338 e. The lowest BCUT2D eigenvalue weighted by Gasteiger charge is -2.22. The van der Waals surface area contributed by atoms with E-state index >= 15 is 0 Å². The van der Waals surface area contributed by atoms with Crippen LogP contribution >= 0.6 is 15.9 Å². The summed E-state index contributed by atoms with van der Waals surface area (Å²) < 4.78 is 5.62. The molecule has 5 nitrogen and oxygen atoms in total. The number of hydrogen-bond donors (Lipinski definition) is 2. The van der Waals surface area contributed by atoms with Gasteiger partial charge < -0.3 is 15.4 Å². The molecule has 1 atom stereocenters. The van der Waals surface area contributed by atoms with Crippen LogP contribution in [0.25, 0.3) is 0 Å².